The van der Waals surface area contributed by atoms with E-state index in [0.717, 1.165) is 6.42 Å². The van der Waals surface area contributed by atoms with Gasteiger partial charge in [0.1, 0.15) is 0 Å². The molecule has 0 atom stereocenters. The Morgan fingerprint density at radius 1 is 1.29 bits per heavy atom. The summed E-state index contributed by atoms with van der Waals surface area (Å²) in [5.74, 6) is 0.0194. The minimum Gasteiger partial charge on any atom is -0.351 e. The van der Waals surface area contributed by atoms with Gasteiger partial charge in [0.15, 0.2) is 0 Å². The second kappa shape index (κ2) is 4.27. The summed E-state index contributed by atoms with van der Waals surface area (Å²) >= 11 is 0. The van der Waals surface area contributed by atoms with E-state index < -0.39 is 0 Å². The van der Waals surface area contributed by atoms with E-state index in [1.54, 1.807) is 6.92 Å². The normalized spacial score (nSPS) is 11.1. The number of carbonyl (C=O) groups is 1. The van der Waals surface area contributed by atoms with E-state index >= 15 is 0 Å². The lowest BCUT2D eigenvalue weighted by molar-refractivity contribution is -0.120. The van der Waals surface area contributed by atoms with Gasteiger partial charge in [0.2, 0.25) is 5.91 Å². The highest BCUT2D eigenvalue weighted by Crippen LogP contribution is 2.11. The zero-order valence-corrected chi connectivity index (χ0v) is 9.00. The number of hydrogen-bond acceptors (Lipinski definition) is 1. The maximum absolute atomic E-state index is 10.9. The molecular weight excluding hydrogens is 174 g/mol. The van der Waals surface area contributed by atoms with Crippen LogP contribution in [0.15, 0.2) is 30.3 Å². The van der Waals surface area contributed by atoms with Crippen LogP contribution < -0.4 is 5.32 Å². The molecule has 0 aromatic heterocycles. The fraction of sp³-hybridized carbons (Fsp3) is 0.417. The van der Waals surface area contributed by atoms with Gasteiger partial charge < -0.3 is 5.32 Å². The number of nitrogens with one attached hydrogen (secondary N) is 1. The first-order valence-corrected chi connectivity index (χ1v) is 4.82. The number of rotatable bonds is 3. The van der Waals surface area contributed by atoms with Gasteiger partial charge in [-0.1, -0.05) is 30.3 Å². The van der Waals surface area contributed by atoms with Crippen molar-refractivity contribution in [3.05, 3.63) is 35.9 Å². The van der Waals surface area contributed by atoms with Crippen molar-refractivity contribution >= 4 is 5.91 Å². The van der Waals surface area contributed by atoms with Gasteiger partial charge in [-0.2, -0.15) is 0 Å². The maximum Gasteiger partial charge on any atom is 0.217 e. The van der Waals surface area contributed by atoms with Crippen LogP contribution >= 0.6 is 0 Å². The molecule has 1 amide bonds. The molecule has 0 fully saturated rings. The Labute approximate surface area is 85.3 Å². The summed E-state index contributed by atoms with van der Waals surface area (Å²) in [6.07, 6.45) is 0.855. The van der Waals surface area contributed by atoms with Gasteiger partial charge in [0.25, 0.3) is 0 Å². The van der Waals surface area contributed by atoms with Crippen molar-refractivity contribution in [2.24, 2.45) is 0 Å². The zero-order valence-electron chi connectivity index (χ0n) is 9.00. The van der Waals surface area contributed by atoms with Crippen LogP contribution in [0.3, 0.4) is 0 Å². The van der Waals surface area contributed by atoms with Crippen LogP contribution in [0.4, 0.5) is 0 Å². The average Bonchev–Trinajstić information content (AvgIpc) is 2.02. The van der Waals surface area contributed by atoms with E-state index in [1.165, 1.54) is 5.56 Å². The Balaban J connectivity index is 2.63. The van der Waals surface area contributed by atoms with Gasteiger partial charge in [-0.3, -0.25) is 4.79 Å². The lowest BCUT2D eigenvalue weighted by Gasteiger charge is -2.25. The maximum atomic E-state index is 10.9. The number of carbonyl (C=O) groups excluding carboxylic acids is 1. The van der Waals surface area contributed by atoms with E-state index in [9.17, 15) is 4.79 Å². The quantitative estimate of drug-likeness (QED) is 0.779. The molecule has 0 bridgehead atoms. The first kappa shape index (κ1) is 10.8. The highest BCUT2D eigenvalue weighted by molar-refractivity contribution is 5.73. The molecule has 0 saturated heterocycles. The SMILES string of the molecule is CC(=O)NC(C)(C)Cc1ccccc1. The molecule has 0 aliphatic rings. The van der Waals surface area contributed by atoms with Gasteiger partial charge in [0.05, 0.1) is 0 Å². The molecule has 1 aromatic rings. The molecule has 0 heterocycles. The summed E-state index contributed by atoms with van der Waals surface area (Å²) in [6, 6.07) is 10.2. The van der Waals surface area contributed by atoms with Gasteiger partial charge >= 0.3 is 0 Å². The van der Waals surface area contributed by atoms with Crippen molar-refractivity contribution in [3.8, 4) is 0 Å². The monoisotopic (exact) mass is 191 g/mol. The summed E-state index contributed by atoms with van der Waals surface area (Å²) in [4.78, 5) is 10.9. The van der Waals surface area contributed by atoms with Crippen LogP contribution in [0.2, 0.25) is 0 Å². The smallest absolute Gasteiger partial charge is 0.217 e. The van der Waals surface area contributed by atoms with Crippen LogP contribution in [0, 0.1) is 0 Å². The molecule has 1 aromatic carbocycles. The van der Waals surface area contributed by atoms with Gasteiger partial charge in [-0.25, -0.2) is 0 Å². The van der Waals surface area contributed by atoms with Crippen molar-refractivity contribution in [2.45, 2.75) is 32.7 Å². The standard InChI is InChI=1S/C12H17NO/c1-10(14)13-12(2,3)9-11-7-5-4-6-8-11/h4-8H,9H2,1-3H3,(H,13,14). The van der Waals surface area contributed by atoms with Gasteiger partial charge in [-0.05, 0) is 25.8 Å². The van der Waals surface area contributed by atoms with Crippen LogP contribution in [-0.4, -0.2) is 11.4 Å². The molecule has 2 nitrogen and oxygen atoms in total. The van der Waals surface area contributed by atoms with Gasteiger partial charge in [-0.15, -0.1) is 0 Å². The summed E-state index contributed by atoms with van der Waals surface area (Å²) in [6.45, 7) is 5.61. The predicted molar refractivity (Wildman–Crippen MR) is 58.0 cm³/mol. The minimum atomic E-state index is -0.173. The summed E-state index contributed by atoms with van der Waals surface area (Å²) < 4.78 is 0. The molecule has 1 rings (SSSR count). The van der Waals surface area contributed by atoms with E-state index in [0.29, 0.717) is 0 Å². The Morgan fingerprint density at radius 3 is 2.36 bits per heavy atom. The third kappa shape index (κ3) is 3.60. The van der Waals surface area contributed by atoms with Crippen molar-refractivity contribution in [3.63, 3.8) is 0 Å². The van der Waals surface area contributed by atoms with Crippen molar-refractivity contribution in [2.75, 3.05) is 0 Å². The number of benzene rings is 1. The molecular formula is C12H17NO. The number of amides is 1. The molecule has 1 N–H and O–H groups in total. The van der Waals surface area contributed by atoms with E-state index in [4.69, 9.17) is 0 Å². The Morgan fingerprint density at radius 2 is 1.86 bits per heavy atom. The third-order valence-corrected chi connectivity index (χ3v) is 2.00. The van der Waals surface area contributed by atoms with E-state index in [1.807, 2.05) is 32.0 Å². The highest BCUT2D eigenvalue weighted by atomic mass is 16.1. The van der Waals surface area contributed by atoms with Crippen molar-refractivity contribution < 1.29 is 4.79 Å². The topological polar surface area (TPSA) is 29.1 Å². The van der Waals surface area contributed by atoms with E-state index in [-0.39, 0.29) is 11.4 Å². The fourth-order valence-electron chi connectivity index (χ4n) is 1.63. The summed E-state index contributed by atoms with van der Waals surface area (Å²) in [7, 11) is 0. The number of hydrogen-bond donors (Lipinski definition) is 1. The molecule has 0 radical (unpaired) electrons. The lowest BCUT2D eigenvalue weighted by atomic mass is 9.95. The second-order valence-electron chi connectivity index (χ2n) is 4.23. The molecule has 2 heteroatoms. The fourth-order valence-corrected chi connectivity index (χ4v) is 1.63. The first-order valence-electron chi connectivity index (χ1n) is 4.82. The molecule has 14 heavy (non-hydrogen) atoms. The molecule has 0 spiro atoms. The predicted octanol–water partition coefficient (Wildman–Crippen LogP) is 2.14. The van der Waals surface area contributed by atoms with Crippen molar-refractivity contribution in [1.82, 2.24) is 5.32 Å². The Kier molecular flexibility index (Phi) is 3.28. The van der Waals surface area contributed by atoms with E-state index in [2.05, 4.69) is 17.4 Å². The second-order valence-corrected chi connectivity index (χ2v) is 4.23. The molecule has 0 aliphatic carbocycles. The molecule has 0 aliphatic heterocycles. The molecule has 0 saturated carbocycles. The van der Waals surface area contributed by atoms with Crippen LogP contribution in [-0.2, 0) is 11.2 Å². The van der Waals surface area contributed by atoms with Crippen LogP contribution in [0.25, 0.3) is 0 Å². The minimum absolute atomic E-state index is 0.0194. The van der Waals surface area contributed by atoms with Crippen LogP contribution in [0.5, 0.6) is 0 Å². The average molecular weight is 191 g/mol. The Hall–Kier alpha value is -1.31. The lowest BCUT2D eigenvalue weighted by Crippen LogP contribution is -2.43. The van der Waals surface area contributed by atoms with Gasteiger partial charge in [0, 0.05) is 12.5 Å². The zero-order chi connectivity index (χ0) is 10.6. The Bertz CT molecular complexity index is 303. The van der Waals surface area contributed by atoms with Crippen molar-refractivity contribution in [1.29, 1.82) is 0 Å². The first-order chi connectivity index (χ1) is 6.49. The highest BCUT2D eigenvalue weighted by Gasteiger charge is 2.18. The largest absolute Gasteiger partial charge is 0.351 e. The third-order valence-electron chi connectivity index (χ3n) is 2.00. The summed E-state index contributed by atoms with van der Waals surface area (Å²) in [5, 5.41) is 2.93. The molecule has 76 valence electrons. The van der Waals surface area contributed by atoms with Crippen LogP contribution in [0.1, 0.15) is 26.3 Å². The molecule has 0 unspecified atom stereocenters. The summed E-state index contributed by atoms with van der Waals surface area (Å²) in [5.41, 5.74) is 1.07.